The van der Waals surface area contributed by atoms with E-state index < -0.39 is 35.9 Å². The molecular weight excluding hydrogens is 512 g/mol. The lowest BCUT2D eigenvalue weighted by Crippen LogP contribution is -2.37. The van der Waals surface area contributed by atoms with Crippen LogP contribution in [0.2, 0.25) is 0 Å². The molecule has 2 aromatic carbocycles. The second-order valence-electron chi connectivity index (χ2n) is 10.6. The third-order valence-corrected chi connectivity index (χ3v) is 7.77. The Balaban J connectivity index is 1.41. The first-order chi connectivity index (χ1) is 17.9. The molecule has 1 N–H and O–H groups in total. The zero-order valence-corrected chi connectivity index (χ0v) is 21.1. The molecule has 1 atom stereocenters. The molecule has 210 valence electrons. The molecule has 10 heteroatoms. The van der Waals surface area contributed by atoms with Crippen LogP contribution in [0, 0.1) is 11.8 Å². The molecule has 2 aromatic rings. The monoisotopic (exact) mass is 545 g/mol. The molecule has 1 saturated heterocycles. The summed E-state index contributed by atoms with van der Waals surface area (Å²) in [5.74, 6) is -2.40. The van der Waals surface area contributed by atoms with Crippen LogP contribution in [0.15, 0.2) is 30.3 Å². The van der Waals surface area contributed by atoms with E-state index in [1.807, 2.05) is 0 Å². The maximum atomic E-state index is 14.1. The summed E-state index contributed by atoms with van der Waals surface area (Å²) in [7, 11) is 0. The van der Waals surface area contributed by atoms with Gasteiger partial charge in [0.1, 0.15) is 11.3 Å². The first-order valence-electron chi connectivity index (χ1n) is 13.2. The van der Waals surface area contributed by atoms with Crippen LogP contribution in [-0.4, -0.2) is 47.9 Å². The van der Waals surface area contributed by atoms with Gasteiger partial charge in [0.15, 0.2) is 0 Å². The van der Waals surface area contributed by atoms with Crippen molar-refractivity contribution >= 4 is 16.7 Å². The number of alkyl halides is 6. The Morgan fingerprint density at radius 2 is 1.74 bits per heavy atom. The molecule has 4 rings (SSSR count). The van der Waals surface area contributed by atoms with Crippen molar-refractivity contribution < 1.29 is 41.0 Å². The number of nitrogens with zero attached hydrogens (tertiary/aromatic N) is 1. The van der Waals surface area contributed by atoms with Crippen LogP contribution >= 0.6 is 0 Å². The summed E-state index contributed by atoms with van der Waals surface area (Å²) in [6, 6.07) is 7.73. The Morgan fingerprint density at radius 3 is 2.39 bits per heavy atom. The van der Waals surface area contributed by atoms with Gasteiger partial charge in [-0.25, -0.2) is 0 Å². The van der Waals surface area contributed by atoms with Crippen molar-refractivity contribution in [3.05, 3.63) is 41.5 Å². The smallest absolute Gasteiger partial charge is 0.420 e. The normalized spacial score (nSPS) is 23.5. The van der Waals surface area contributed by atoms with Crippen molar-refractivity contribution in [3.8, 4) is 5.75 Å². The van der Waals surface area contributed by atoms with Crippen molar-refractivity contribution in [2.24, 2.45) is 11.8 Å². The van der Waals surface area contributed by atoms with E-state index >= 15 is 0 Å². The average molecular weight is 546 g/mol. The Hall–Kier alpha value is -2.49. The van der Waals surface area contributed by atoms with Crippen LogP contribution < -0.4 is 4.74 Å². The summed E-state index contributed by atoms with van der Waals surface area (Å²) in [5, 5.41) is 9.48. The summed E-state index contributed by atoms with van der Waals surface area (Å²) < 4.78 is 86.8. The van der Waals surface area contributed by atoms with Gasteiger partial charge in [0.25, 0.3) is 0 Å². The number of fused-ring (bicyclic) bond motifs is 1. The van der Waals surface area contributed by atoms with E-state index in [1.165, 1.54) is 12.1 Å². The summed E-state index contributed by atoms with van der Waals surface area (Å²) in [5.41, 5.74) is 0.0149. The standard InChI is InChI=1S/C28H33F6NO3/c29-27(30,31)21-7-9-22(10-8-21)38-24-12-6-20-15-18(5-11-23(20)26(24)28(32,33)34)3-1-13-35-14-2-4-19(17-35)16-25(36)37/h5-6,11-12,15,19,21-22H,1-4,7-10,13-14,16-17H2,(H,36,37)/t19-,21-,22+/m1/s1. The molecule has 1 heterocycles. The third-order valence-electron chi connectivity index (χ3n) is 7.77. The van der Waals surface area contributed by atoms with E-state index in [-0.39, 0.29) is 49.2 Å². The molecule has 2 aliphatic rings. The quantitative estimate of drug-likeness (QED) is 0.350. The number of benzene rings is 2. The van der Waals surface area contributed by atoms with E-state index in [0.717, 1.165) is 44.5 Å². The van der Waals surface area contributed by atoms with Crippen LogP contribution in [0.3, 0.4) is 0 Å². The molecule has 0 radical (unpaired) electrons. The highest BCUT2D eigenvalue weighted by Crippen LogP contribution is 2.44. The van der Waals surface area contributed by atoms with Gasteiger partial charge in [-0.05, 0) is 92.8 Å². The van der Waals surface area contributed by atoms with Crippen molar-refractivity contribution in [1.29, 1.82) is 0 Å². The summed E-state index contributed by atoms with van der Waals surface area (Å²) in [6.07, 6.45) is -6.30. The average Bonchev–Trinajstić information content (AvgIpc) is 2.83. The van der Waals surface area contributed by atoms with Crippen molar-refractivity contribution in [3.63, 3.8) is 0 Å². The summed E-state index contributed by atoms with van der Waals surface area (Å²) in [6.45, 7) is 2.47. The van der Waals surface area contributed by atoms with Gasteiger partial charge in [-0.15, -0.1) is 0 Å². The predicted molar refractivity (Wildman–Crippen MR) is 131 cm³/mol. The topological polar surface area (TPSA) is 49.8 Å². The zero-order valence-electron chi connectivity index (χ0n) is 21.1. The lowest BCUT2D eigenvalue weighted by Gasteiger charge is -2.32. The van der Waals surface area contributed by atoms with Crippen molar-refractivity contribution in [2.45, 2.75) is 76.2 Å². The lowest BCUT2D eigenvalue weighted by atomic mass is 9.87. The van der Waals surface area contributed by atoms with Crippen molar-refractivity contribution in [1.82, 2.24) is 4.90 Å². The molecule has 0 amide bonds. The molecule has 38 heavy (non-hydrogen) atoms. The first kappa shape index (κ1) is 28.5. The number of carboxylic acid groups (broad SMARTS) is 1. The van der Waals surface area contributed by atoms with Crippen LogP contribution in [0.4, 0.5) is 26.3 Å². The minimum atomic E-state index is -4.68. The van der Waals surface area contributed by atoms with Crippen LogP contribution in [0.5, 0.6) is 5.75 Å². The minimum Gasteiger partial charge on any atom is -0.490 e. The van der Waals surface area contributed by atoms with Gasteiger partial charge >= 0.3 is 18.3 Å². The molecule has 0 bridgehead atoms. The number of ether oxygens (including phenoxy) is 1. The van der Waals surface area contributed by atoms with E-state index in [2.05, 4.69) is 4.90 Å². The highest BCUT2D eigenvalue weighted by molar-refractivity contribution is 5.89. The number of halogens is 6. The number of hydrogen-bond donors (Lipinski definition) is 1. The number of likely N-dealkylation sites (tertiary alicyclic amines) is 1. The van der Waals surface area contributed by atoms with Gasteiger partial charge in [0, 0.05) is 13.0 Å². The summed E-state index contributed by atoms with van der Waals surface area (Å²) >= 11 is 0. The minimum absolute atomic E-state index is 0.00951. The fraction of sp³-hybridized carbons (Fsp3) is 0.607. The number of carboxylic acids is 1. The van der Waals surface area contributed by atoms with Crippen LogP contribution in [0.25, 0.3) is 10.8 Å². The van der Waals surface area contributed by atoms with Crippen LogP contribution in [0.1, 0.15) is 62.5 Å². The van der Waals surface area contributed by atoms with Gasteiger partial charge in [-0.2, -0.15) is 26.3 Å². The molecule has 1 saturated carbocycles. The maximum Gasteiger partial charge on any atom is 0.420 e. The van der Waals surface area contributed by atoms with Crippen molar-refractivity contribution in [2.75, 3.05) is 19.6 Å². The number of rotatable bonds is 8. The first-order valence-corrected chi connectivity index (χ1v) is 13.2. The zero-order chi connectivity index (χ0) is 27.5. The fourth-order valence-corrected chi connectivity index (χ4v) is 5.87. The molecule has 0 spiro atoms. The second-order valence-corrected chi connectivity index (χ2v) is 10.6. The van der Waals surface area contributed by atoms with Gasteiger partial charge in [0.2, 0.25) is 0 Å². The largest absolute Gasteiger partial charge is 0.490 e. The molecule has 4 nitrogen and oxygen atoms in total. The van der Waals surface area contributed by atoms with E-state index in [1.54, 1.807) is 18.2 Å². The molecule has 1 aliphatic heterocycles. The Labute approximate surface area is 217 Å². The number of carbonyl (C=O) groups is 1. The SMILES string of the molecule is O=C(O)C[C@H]1CCCN(CCCc2ccc3c(C(F)(F)F)c(O[C@H]4CC[C@@H](C(F)(F)F)CC4)ccc3c2)C1. The highest BCUT2D eigenvalue weighted by Gasteiger charge is 2.42. The van der Waals surface area contributed by atoms with Gasteiger partial charge in [0.05, 0.1) is 12.0 Å². The predicted octanol–water partition coefficient (Wildman–Crippen LogP) is 7.48. The number of piperidine rings is 1. The Kier molecular flexibility index (Phi) is 8.79. The van der Waals surface area contributed by atoms with Crippen LogP contribution in [-0.2, 0) is 17.4 Å². The molecule has 1 aliphatic carbocycles. The lowest BCUT2D eigenvalue weighted by molar-refractivity contribution is -0.185. The number of aliphatic carboxylic acids is 1. The Bertz CT molecular complexity index is 1110. The maximum absolute atomic E-state index is 14.1. The molecular formula is C28H33F6NO3. The highest BCUT2D eigenvalue weighted by atomic mass is 19.4. The summed E-state index contributed by atoms with van der Waals surface area (Å²) in [4.78, 5) is 13.3. The number of hydrogen-bond acceptors (Lipinski definition) is 3. The van der Waals surface area contributed by atoms with Gasteiger partial charge in [-0.1, -0.05) is 24.3 Å². The number of aryl methyl sites for hydroxylation is 1. The van der Waals surface area contributed by atoms with Gasteiger partial charge in [-0.3, -0.25) is 4.79 Å². The van der Waals surface area contributed by atoms with E-state index in [4.69, 9.17) is 9.84 Å². The fourth-order valence-electron chi connectivity index (χ4n) is 5.87. The van der Waals surface area contributed by atoms with E-state index in [9.17, 15) is 31.1 Å². The second kappa shape index (κ2) is 11.7. The van der Waals surface area contributed by atoms with E-state index in [0.29, 0.717) is 11.8 Å². The Morgan fingerprint density at radius 1 is 1.00 bits per heavy atom. The molecule has 0 unspecified atom stereocenters. The molecule has 0 aromatic heterocycles. The van der Waals surface area contributed by atoms with Gasteiger partial charge < -0.3 is 14.7 Å². The molecule has 2 fully saturated rings. The third kappa shape index (κ3) is 7.33.